The van der Waals surface area contributed by atoms with Gasteiger partial charge in [-0.05, 0) is 35.9 Å². The number of nitrogens with two attached hydrogens (primary N) is 1. The quantitative estimate of drug-likeness (QED) is 0.941. The van der Waals surface area contributed by atoms with Crippen LogP contribution in [0.15, 0.2) is 36.4 Å². The van der Waals surface area contributed by atoms with Crippen molar-refractivity contribution in [1.82, 2.24) is 0 Å². The van der Waals surface area contributed by atoms with E-state index < -0.39 is 11.9 Å². The fourth-order valence-corrected chi connectivity index (χ4v) is 1.90. The summed E-state index contributed by atoms with van der Waals surface area (Å²) >= 11 is 5.76. The number of carbonyl (C=O) groups is 1. The predicted molar refractivity (Wildman–Crippen MR) is 73.6 cm³/mol. The van der Waals surface area contributed by atoms with Gasteiger partial charge in [-0.25, -0.2) is 9.18 Å². The van der Waals surface area contributed by atoms with Gasteiger partial charge in [0.05, 0.1) is 12.1 Å². The van der Waals surface area contributed by atoms with Crippen LogP contribution in [-0.2, 0) is 0 Å². The Balaban J connectivity index is 2.56. The van der Waals surface area contributed by atoms with Gasteiger partial charge in [-0.2, -0.15) is 0 Å². The van der Waals surface area contributed by atoms with E-state index in [1.165, 1.54) is 31.4 Å². The Morgan fingerprint density at radius 3 is 2.60 bits per heavy atom. The van der Waals surface area contributed by atoms with Crippen LogP contribution in [0.3, 0.4) is 0 Å². The first-order valence-corrected chi connectivity index (χ1v) is 6.00. The molecule has 0 unspecified atom stereocenters. The van der Waals surface area contributed by atoms with Crippen molar-refractivity contribution in [1.29, 1.82) is 0 Å². The molecule has 0 bridgehead atoms. The molecule has 2 rings (SSSR count). The molecular weight excluding hydrogens is 285 g/mol. The molecule has 1 amide bonds. The minimum atomic E-state index is -0.940. The van der Waals surface area contributed by atoms with Crippen LogP contribution in [0.1, 0.15) is 0 Å². The third kappa shape index (κ3) is 3.00. The number of amides is 1. The third-order valence-electron chi connectivity index (χ3n) is 2.63. The van der Waals surface area contributed by atoms with Gasteiger partial charge in [0, 0.05) is 5.56 Å². The monoisotopic (exact) mass is 295 g/mol. The lowest BCUT2D eigenvalue weighted by Crippen LogP contribution is -2.16. The van der Waals surface area contributed by atoms with Crippen molar-refractivity contribution >= 4 is 17.7 Å². The van der Waals surface area contributed by atoms with Crippen molar-refractivity contribution < 1.29 is 18.7 Å². The van der Waals surface area contributed by atoms with Crippen molar-refractivity contribution in [2.24, 2.45) is 5.73 Å². The Morgan fingerprint density at radius 1 is 1.25 bits per heavy atom. The molecule has 0 saturated heterocycles. The summed E-state index contributed by atoms with van der Waals surface area (Å²) in [6.07, 6.45) is -0.940. The molecule has 2 aromatic carbocycles. The van der Waals surface area contributed by atoms with E-state index in [1.54, 1.807) is 12.1 Å². The number of benzene rings is 2. The normalized spacial score (nSPS) is 10.2. The maximum Gasteiger partial charge on any atom is 0.409 e. The number of ether oxygens (including phenoxy) is 2. The molecule has 0 aliphatic heterocycles. The van der Waals surface area contributed by atoms with Gasteiger partial charge in [0.2, 0.25) is 0 Å². The number of carbonyl (C=O) groups excluding carboxylic acids is 1. The Bertz CT molecular complexity index is 661. The van der Waals surface area contributed by atoms with E-state index in [1.807, 2.05) is 0 Å². The molecule has 4 nitrogen and oxygen atoms in total. The smallest absolute Gasteiger partial charge is 0.409 e. The predicted octanol–water partition coefficient (Wildman–Crippen LogP) is 3.61. The summed E-state index contributed by atoms with van der Waals surface area (Å²) in [5.74, 6) is 0.258. The molecule has 2 aromatic rings. The van der Waals surface area contributed by atoms with Crippen LogP contribution in [0.25, 0.3) is 11.1 Å². The van der Waals surface area contributed by atoms with Crippen molar-refractivity contribution in [3.05, 3.63) is 47.2 Å². The molecule has 104 valence electrons. The average molecular weight is 296 g/mol. The molecule has 0 aromatic heterocycles. The molecule has 0 radical (unpaired) electrons. The Labute approximate surface area is 119 Å². The molecular formula is C14H11ClFNO3. The van der Waals surface area contributed by atoms with Gasteiger partial charge in [0.25, 0.3) is 0 Å². The summed E-state index contributed by atoms with van der Waals surface area (Å²) in [6.45, 7) is 0. The molecule has 0 spiro atoms. The van der Waals surface area contributed by atoms with Gasteiger partial charge in [0.15, 0.2) is 0 Å². The number of primary amides is 1. The van der Waals surface area contributed by atoms with Crippen molar-refractivity contribution in [2.75, 3.05) is 7.11 Å². The summed E-state index contributed by atoms with van der Waals surface area (Å²) < 4.78 is 23.2. The summed E-state index contributed by atoms with van der Waals surface area (Å²) in [7, 11) is 1.51. The zero-order valence-corrected chi connectivity index (χ0v) is 11.3. The zero-order valence-electron chi connectivity index (χ0n) is 10.5. The van der Waals surface area contributed by atoms with Gasteiger partial charge in [-0.15, -0.1) is 0 Å². The van der Waals surface area contributed by atoms with Gasteiger partial charge in [-0.3, -0.25) is 0 Å². The number of methoxy groups -OCH3 is 1. The molecule has 0 heterocycles. The van der Waals surface area contributed by atoms with E-state index in [0.717, 1.165) is 0 Å². The maximum atomic E-state index is 13.2. The van der Waals surface area contributed by atoms with Crippen LogP contribution >= 0.6 is 11.6 Å². The molecule has 20 heavy (non-hydrogen) atoms. The number of halogens is 2. The van der Waals surface area contributed by atoms with E-state index in [9.17, 15) is 9.18 Å². The first-order chi connectivity index (χ1) is 9.51. The van der Waals surface area contributed by atoms with Crippen LogP contribution in [0.5, 0.6) is 11.5 Å². The van der Waals surface area contributed by atoms with Crippen LogP contribution in [0.2, 0.25) is 5.02 Å². The zero-order chi connectivity index (χ0) is 14.7. The largest absolute Gasteiger partial charge is 0.497 e. The Kier molecular flexibility index (Phi) is 4.10. The average Bonchev–Trinajstić information content (AvgIpc) is 2.42. The van der Waals surface area contributed by atoms with Crippen molar-refractivity contribution in [3.63, 3.8) is 0 Å². The minimum Gasteiger partial charge on any atom is -0.497 e. The summed E-state index contributed by atoms with van der Waals surface area (Å²) in [4.78, 5) is 10.9. The Hall–Kier alpha value is -2.27. The van der Waals surface area contributed by atoms with Crippen LogP contribution in [-0.4, -0.2) is 13.2 Å². The summed E-state index contributed by atoms with van der Waals surface area (Å²) in [5, 5.41) is -0.0321. The second-order valence-electron chi connectivity index (χ2n) is 3.91. The fraction of sp³-hybridized carbons (Fsp3) is 0.0714. The highest BCUT2D eigenvalue weighted by Gasteiger charge is 2.12. The van der Waals surface area contributed by atoms with Gasteiger partial charge in [-0.1, -0.05) is 17.7 Å². The lowest BCUT2D eigenvalue weighted by molar-refractivity contribution is 0.211. The molecule has 0 saturated carbocycles. The maximum absolute atomic E-state index is 13.2. The summed E-state index contributed by atoms with van der Waals surface area (Å²) in [5.41, 5.74) is 6.11. The highest BCUT2D eigenvalue weighted by molar-refractivity contribution is 6.31. The lowest BCUT2D eigenvalue weighted by Gasteiger charge is -2.11. The fourth-order valence-electron chi connectivity index (χ4n) is 1.72. The second kappa shape index (κ2) is 5.79. The molecule has 6 heteroatoms. The SMILES string of the molecule is COc1ccc(OC(N)=O)c(-c2ccc(F)c(Cl)c2)c1. The molecule has 0 atom stereocenters. The lowest BCUT2D eigenvalue weighted by atomic mass is 10.0. The van der Waals surface area contributed by atoms with Crippen molar-refractivity contribution in [2.45, 2.75) is 0 Å². The van der Waals surface area contributed by atoms with Gasteiger partial charge < -0.3 is 15.2 Å². The second-order valence-corrected chi connectivity index (χ2v) is 4.32. The van der Waals surface area contributed by atoms with E-state index in [-0.39, 0.29) is 10.8 Å². The van der Waals surface area contributed by atoms with E-state index in [2.05, 4.69) is 0 Å². The van der Waals surface area contributed by atoms with Crippen molar-refractivity contribution in [3.8, 4) is 22.6 Å². The standard InChI is InChI=1S/C14H11ClFNO3/c1-19-9-3-5-13(20-14(17)18)10(7-9)8-2-4-12(16)11(15)6-8/h2-7H,1H3,(H2,17,18). The first kappa shape index (κ1) is 14.1. The third-order valence-corrected chi connectivity index (χ3v) is 2.92. The van der Waals surface area contributed by atoms with E-state index in [4.69, 9.17) is 26.8 Å². The van der Waals surface area contributed by atoms with Crippen LogP contribution < -0.4 is 15.2 Å². The first-order valence-electron chi connectivity index (χ1n) is 5.62. The number of hydrogen-bond acceptors (Lipinski definition) is 3. The topological polar surface area (TPSA) is 61.6 Å². The molecule has 2 N–H and O–H groups in total. The van der Waals surface area contributed by atoms with Gasteiger partial charge >= 0.3 is 6.09 Å². The van der Waals surface area contributed by atoms with Gasteiger partial charge in [0.1, 0.15) is 17.3 Å². The van der Waals surface area contributed by atoms with E-state index >= 15 is 0 Å². The van der Waals surface area contributed by atoms with E-state index in [0.29, 0.717) is 16.9 Å². The highest BCUT2D eigenvalue weighted by atomic mass is 35.5. The number of rotatable bonds is 3. The van der Waals surface area contributed by atoms with Crippen LogP contribution in [0.4, 0.5) is 9.18 Å². The Morgan fingerprint density at radius 2 is 2.00 bits per heavy atom. The molecule has 0 fully saturated rings. The summed E-state index contributed by atoms with van der Waals surface area (Å²) in [6, 6.07) is 8.97. The van der Waals surface area contributed by atoms with Crippen LogP contribution in [0, 0.1) is 5.82 Å². The molecule has 0 aliphatic carbocycles. The molecule has 0 aliphatic rings. The minimum absolute atomic E-state index is 0.0321. The highest BCUT2D eigenvalue weighted by Crippen LogP contribution is 2.35. The number of hydrogen-bond donors (Lipinski definition) is 1.